The molecule has 10 heavy (non-hydrogen) atoms. The van der Waals surface area contributed by atoms with E-state index in [1.807, 2.05) is 6.92 Å². The summed E-state index contributed by atoms with van der Waals surface area (Å²) in [6, 6.07) is 0. The molecule has 0 spiro atoms. The number of hydrogen-bond donors (Lipinski definition) is 1. The summed E-state index contributed by atoms with van der Waals surface area (Å²) in [4.78, 5) is 2.28. The van der Waals surface area contributed by atoms with Gasteiger partial charge in [0.1, 0.15) is 0 Å². The zero-order valence-electron chi connectivity index (χ0n) is 6.76. The van der Waals surface area contributed by atoms with E-state index in [0.29, 0.717) is 0 Å². The second-order valence-electron chi connectivity index (χ2n) is 2.39. The van der Waals surface area contributed by atoms with Crippen LogP contribution in [0.4, 0.5) is 0 Å². The number of nitrogens with one attached hydrogen (secondary N) is 1. The van der Waals surface area contributed by atoms with Crippen LogP contribution in [0.3, 0.4) is 0 Å². The lowest BCUT2D eigenvalue weighted by molar-refractivity contribution is -0.0405. The molecule has 0 aromatic rings. The smallest absolute Gasteiger partial charge is 0.166 e. The van der Waals surface area contributed by atoms with Gasteiger partial charge >= 0.3 is 0 Å². The zero-order chi connectivity index (χ0) is 7.40. The first-order valence-electron chi connectivity index (χ1n) is 3.97. The van der Waals surface area contributed by atoms with Gasteiger partial charge in [-0.15, -0.1) is 0 Å². The molecule has 1 heterocycles. The molecule has 1 atom stereocenters. The van der Waals surface area contributed by atoms with Gasteiger partial charge in [-0.2, -0.15) is 0 Å². The van der Waals surface area contributed by atoms with Gasteiger partial charge in [0.25, 0.3) is 0 Å². The van der Waals surface area contributed by atoms with Crippen LogP contribution in [0.5, 0.6) is 0 Å². The highest BCUT2D eigenvalue weighted by Crippen LogP contribution is 2.02. The van der Waals surface area contributed by atoms with Gasteiger partial charge in [-0.1, -0.05) is 6.92 Å². The van der Waals surface area contributed by atoms with Crippen molar-refractivity contribution in [3.8, 4) is 0 Å². The number of likely N-dealkylation sites (N-methyl/N-ethyl adjacent to an activating group) is 1. The Balaban J connectivity index is 2.27. The van der Waals surface area contributed by atoms with E-state index in [0.717, 1.165) is 26.2 Å². The Morgan fingerprint density at radius 2 is 2.40 bits per heavy atom. The molecule has 1 N–H and O–H groups in total. The Bertz CT molecular complexity index is 97.6. The molecule has 3 nitrogen and oxygen atoms in total. The summed E-state index contributed by atoms with van der Waals surface area (Å²) in [5.41, 5.74) is 0. The average Bonchev–Trinajstić information content (AvgIpc) is 2.36. The quantitative estimate of drug-likeness (QED) is 0.613. The molecule has 0 aliphatic carbocycles. The van der Waals surface area contributed by atoms with Crippen LogP contribution >= 0.6 is 0 Å². The maximum absolute atomic E-state index is 5.42. The number of ether oxygens (including phenoxy) is 1. The maximum Gasteiger partial charge on any atom is 0.166 e. The third-order valence-electron chi connectivity index (χ3n) is 1.78. The molecule has 0 amide bonds. The summed E-state index contributed by atoms with van der Waals surface area (Å²) in [5, 5.41) is 3.26. The predicted molar refractivity (Wildman–Crippen MR) is 40.7 cm³/mol. The standard InChI is InChI=1S/C7H16N2O/c1-3-9-6-5-8-7(9)10-4-2/h7-8H,3-6H2,1-2H3. The lowest BCUT2D eigenvalue weighted by Crippen LogP contribution is -2.37. The third-order valence-corrected chi connectivity index (χ3v) is 1.78. The van der Waals surface area contributed by atoms with Crippen LogP contribution in [0.1, 0.15) is 13.8 Å². The van der Waals surface area contributed by atoms with Crippen LogP contribution in [0.2, 0.25) is 0 Å². The van der Waals surface area contributed by atoms with Gasteiger partial charge in [-0.05, 0) is 13.5 Å². The van der Waals surface area contributed by atoms with E-state index in [2.05, 4.69) is 17.1 Å². The van der Waals surface area contributed by atoms with E-state index < -0.39 is 0 Å². The predicted octanol–water partition coefficient (Wildman–Crippen LogP) is 0.232. The zero-order valence-corrected chi connectivity index (χ0v) is 6.76. The fourth-order valence-corrected chi connectivity index (χ4v) is 1.22. The highest BCUT2D eigenvalue weighted by molar-refractivity contribution is 4.69. The highest BCUT2D eigenvalue weighted by Gasteiger charge is 2.21. The first-order valence-corrected chi connectivity index (χ1v) is 3.97. The van der Waals surface area contributed by atoms with Crippen molar-refractivity contribution in [2.45, 2.75) is 20.2 Å². The first-order chi connectivity index (χ1) is 4.88. The van der Waals surface area contributed by atoms with Gasteiger partial charge < -0.3 is 4.74 Å². The summed E-state index contributed by atoms with van der Waals surface area (Å²) in [7, 11) is 0. The van der Waals surface area contributed by atoms with Crippen molar-refractivity contribution in [3.05, 3.63) is 0 Å². The maximum atomic E-state index is 5.42. The molecule has 3 heteroatoms. The topological polar surface area (TPSA) is 24.5 Å². The summed E-state index contributed by atoms with van der Waals surface area (Å²) < 4.78 is 5.42. The molecule has 0 bridgehead atoms. The van der Waals surface area contributed by atoms with Crippen LogP contribution in [0, 0.1) is 0 Å². The molecular weight excluding hydrogens is 128 g/mol. The Hall–Kier alpha value is -0.120. The SMILES string of the molecule is CCOC1NCCN1CC. The molecule has 1 aliphatic heterocycles. The van der Waals surface area contributed by atoms with Crippen molar-refractivity contribution in [1.29, 1.82) is 0 Å². The Labute approximate surface area is 62.3 Å². The number of nitrogens with zero attached hydrogens (tertiary/aromatic N) is 1. The molecular formula is C7H16N2O. The van der Waals surface area contributed by atoms with Crippen LogP contribution in [-0.4, -0.2) is 37.5 Å². The van der Waals surface area contributed by atoms with Crippen LogP contribution in [0.25, 0.3) is 0 Å². The normalized spacial score (nSPS) is 27.6. The van der Waals surface area contributed by atoms with Gasteiger partial charge in [0.2, 0.25) is 0 Å². The monoisotopic (exact) mass is 144 g/mol. The molecule has 0 saturated carbocycles. The Morgan fingerprint density at radius 3 is 3.00 bits per heavy atom. The van der Waals surface area contributed by atoms with Gasteiger partial charge in [-0.3, -0.25) is 10.2 Å². The van der Waals surface area contributed by atoms with E-state index >= 15 is 0 Å². The summed E-state index contributed by atoms with van der Waals surface area (Å²) >= 11 is 0. The van der Waals surface area contributed by atoms with Crippen molar-refractivity contribution < 1.29 is 4.74 Å². The van der Waals surface area contributed by atoms with Crippen LogP contribution < -0.4 is 5.32 Å². The second kappa shape index (κ2) is 3.91. The van der Waals surface area contributed by atoms with Crippen LogP contribution in [-0.2, 0) is 4.74 Å². The lowest BCUT2D eigenvalue weighted by atomic mass is 10.6. The molecule has 1 unspecified atom stereocenters. The fraction of sp³-hybridized carbons (Fsp3) is 1.00. The lowest BCUT2D eigenvalue weighted by Gasteiger charge is -2.21. The molecule has 1 rings (SSSR count). The van der Waals surface area contributed by atoms with Crippen molar-refractivity contribution in [1.82, 2.24) is 10.2 Å². The van der Waals surface area contributed by atoms with Gasteiger partial charge in [0.05, 0.1) is 0 Å². The minimum atomic E-state index is 0.176. The Morgan fingerprint density at radius 1 is 1.60 bits per heavy atom. The highest BCUT2D eigenvalue weighted by atomic mass is 16.5. The van der Waals surface area contributed by atoms with Gasteiger partial charge in [0.15, 0.2) is 6.35 Å². The Kier molecular flexibility index (Phi) is 3.12. The molecule has 0 radical (unpaired) electrons. The molecule has 1 fully saturated rings. The van der Waals surface area contributed by atoms with Crippen molar-refractivity contribution >= 4 is 0 Å². The van der Waals surface area contributed by atoms with Crippen LogP contribution in [0.15, 0.2) is 0 Å². The summed E-state index contributed by atoms with van der Waals surface area (Å²) in [6.45, 7) is 8.19. The average molecular weight is 144 g/mol. The molecule has 60 valence electrons. The summed E-state index contributed by atoms with van der Waals surface area (Å²) in [5.74, 6) is 0. The summed E-state index contributed by atoms with van der Waals surface area (Å²) in [6.07, 6.45) is 0.176. The van der Waals surface area contributed by atoms with E-state index in [1.54, 1.807) is 0 Å². The largest absolute Gasteiger partial charge is 0.350 e. The van der Waals surface area contributed by atoms with Crippen molar-refractivity contribution in [2.75, 3.05) is 26.2 Å². The van der Waals surface area contributed by atoms with E-state index in [9.17, 15) is 0 Å². The molecule has 0 aromatic heterocycles. The molecule has 1 saturated heterocycles. The van der Waals surface area contributed by atoms with E-state index in [1.165, 1.54) is 0 Å². The third kappa shape index (κ3) is 1.68. The van der Waals surface area contributed by atoms with E-state index in [4.69, 9.17) is 4.74 Å². The van der Waals surface area contributed by atoms with E-state index in [-0.39, 0.29) is 6.35 Å². The minimum absolute atomic E-state index is 0.176. The first kappa shape index (κ1) is 7.98. The fourth-order valence-electron chi connectivity index (χ4n) is 1.22. The van der Waals surface area contributed by atoms with Gasteiger partial charge in [-0.25, -0.2) is 0 Å². The second-order valence-corrected chi connectivity index (χ2v) is 2.39. The van der Waals surface area contributed by atoms with Gasteiger partial charge in [0, 0.05) is 19.7 Å². The van der Waals surface area contributed by atoms with Crippen molar-refractivity contribution in [3.63, 3.8) is 0 Å². The van der Waals surface area contributed by atoms with Crippen molar-refractivity contribution in [2.24, 2.45) is 0 Å². The molecule has 0 aromatic carbocycles. The number of rotatable bonds is 3. The minimum Gasteiger partial charge on any atom is -0.350 e. The number of hydrogen-bond acceptors (Lipinski definition) is 3. The molecule has 1 aliphatic rings.